The van der Waals surface area contributed by atoms with Gasteiger partial charge < -0.3 is 15.2 Å². The van der Waals surface area contributed by atoms with E-state index in [1.807, 2.05) is 0 Å². The van der Waals surface area contributed by atoms with Crippen molar-refractivity contribution in [3.63, 3.8) is 0 Å². The van der Waals surface area contributed by atoms with Crippen LogP contribution in [-0.2, 0) is 7.05 Å². The first-order chi connectivity index (χ1) is 9.85. The highest BCUT2D eigenvalue weighted by atomic mass is 16.2. The molecule has 1 aliphatic heterocycles. The lowest BCUT2D eigenvalue weighted by atomic mass is 10.0. The maximum Gasteiger partial charge on any atom is 0.254 e. The number of nitrogens with two attached hydrogens (primary N) is 1. The van der Waals surface area contributed by atoms with Crippen LogP contribution in [0.15, 0.2) is 23.1 Å². The van der Waals surface area contributed by atoms with Crippen LogP contribution in [0.5, 0.6) is 0 Å². The van der Waals surface area contributed by atoms with Crippen LogP contribution in [-0.4, -0.2) is 58.5 Å². The van der Waals surface area contributed by atoms with E-state index in [1.165, 1.54) is 10.6 Å². The number of aryl methyl sites for hydroxylation is 1. The van der Waals surface area contributed by atoms with Gasteiger partial charge in [-0.15, -0.1) is 0 Å². The van der Waals surface area contributed by atoms with E-state index in [1.54, 1.807) is 24.2 Å². The molecule has 6 nitrogen and oxygen atoms in total. The third-order valence-corrected chi connectivity index (χ3v) is 4.27. The van der Waals surface area contributed by atoms with Gasteiger partial charge in [-0.1, -0.05) is 0 Å². The second-order valence-electron chi connectivity index (χ2n) is 6.16. The molecule has 1 saturated heterocycles. The Bertz CT molecular complexity index is 571. The molecule has 0 spiro atoms. The zero-order chi connectivity index (χ0) is 15.6. The largest absolute Gasteiger partial charge is 0.336 e. The van der Waals surface area contributed by atoms with Gasteiger partial charge in [0.25, 0.3) is 11.5 Å². The van der Waals surface area contributed by atoms with Gasteiger partial charge in [0.2, 0.25) is 0 Å². The Morgan fingerprint density at radius 2 is 1.90 bits per heavy atom. The topological polar surface area (TPSA) is 71.6 Å². The van der Waals surface area contributed by atoms with Crippen molar-refractivity contribution in [2.24, 2.45) is 12.8 Å². The molecule has 0 unspecified atom stereocenters. The van der Waals surface area contributed by atoms with Gasteiger partial charge in [-0.2, -0.15) is 0 Å². The van der Waals surface area contributed by atoms with Crippen LogP contribution < -0.4 is 11.3 Å². The molecule has 0 aromatic carbocycles. The first kappa shape index (κ1) is 15.7. The van der Waals surface area contributed by atoms with E-state index in [0.717, 1.165) is 13.1 Å². The van der Waals surface area contributed by atoms with Gasteiger partial charge in [0.05, 0.1) is 0 Å². The number of hydrogen-bond acceptors (Lipinski definition) is 4. The quantitative estimate of drug-likeness (QED) is 0.843. The van der Waals surface area contributed by atoms with E-state index in [0.29, 0.717) is 25.2 Å². The van der Waals surface area contributed by atoms with Gasteiger partial charge in [-0.05, 0) is 19.9 Å². The molecule has 2 rings (SSSR count). The predicted molar refractivity (Wildman–Crippen MR) is 82.3 cm³/mol. The summed E-state index contributed by atoms with van der Waals surface area (Å²) in [6.45, 7) is 7.77. The lowest BCUT2D eigenvalue weighted by Crippen LogP contribution is -2.58. The van der Waals surface area contributed by atoms with E-state index >= 15 is 0 Å². The summed E-state index contributed by atoms with van der Waals surface area (Å²) in [5, 5.41) is 0. The van der Waals surface area contributed by atoms with Crippen molar-refractivity contribution in [2.45, 2.75) is 19.4 Å². The van der Waals surface area contributed by atoms with E-state index < -0.39 is 0 Å². The zero-order valence-electron chi connectivity index (χ0n) is 13.0. The third kappa shape index (κ3) is 3.33. The molecule has 2 heterocycles. The second-order valence-corrected chi connectivity index (χ2v) is 6.16. The molecule has 1 amide bonds. The Kier molecular flexibility index (Phi) is 4.49. The van der Waals surface area contributed by atoms with Crippen molar-refractivity contribution in [1.82, 2.24) is 14.4 Å². The highest BCUT2D eigenvalue weighted by molar-refractivity contribution is 5.94. The average Bonchev–Trinajstić information content (AvgIpc) is 2.49. The number of pyridine rings is 1. The molecule has 0 aliphatic carbocycles. The minimum Gasteiger partial charge on any atom is -0.336 e. The van der Waals surface area contributed by atoms with Gasteiger partial charge >= 0.3 is 0 Å². The Hall–Kier alpha value is -1.66. The van der Waals surface area contributed by atoms with Crippen molar-refractivity contribution in [1.29, 1.82) is 0 Å². The molecule has 2 N–H and O–H groups in total. The molecule has 116 valence electrons. The van der Waals surface area contributed by atoms with E-state index in [4.69, 9.17) is 5.73 Å². The first-order valence-corrected chi connectivity index (χ1v) is 7.26. The summed E-state index contributed by atoms with van der Waals surface area (Å²) < 4.78 is 1.46. The van der Waals surface area contributed by atoms with E-state index in [9.17, 15) is 9.59 Å². The van der Waals surface area contributed by atoms with Gasteiger partial charge in [0.1, 0.15) is 0 Å². The highest BCUT2D eigenvalue weighted by Crippen LogP contribution is 2.16. The Labute approximate surface area is 125 Å². The van der Waals surface area contributed by atoms with E-state index in [-0.39, 0.29) is 17.0 Å². The van der Waals surface area contributed by atoms with Gasteiger partial charge in [-0.25, -0.2) is 0 Å². The van der Waals surface area contributed by atoms with Crippen molar-refractivity contribution >= 4 is 5.91 Å². The van der Waals surface area contributed by atoms with Crippen LogP contribution >= 0.6 is 0 Å². The van der Waals surface area contributed by atoms with Crippen molar-refractivity contribution in [2.75, 3.05) is 32.7 Å². The Balaban J connectivity index is 2.03. The SMILES string of the molecule is Cn1ccc(C(=O)N2CCN(C(C)(C)CN)CC2)cc1=O. The number of rotatable bonds is 3. The molecule has 1 aliphatic rings. The van der Waals surface area contributed by atoms with E-state index in [2.05, 4.69) is 18.7 Å². The predicted octanol–water partition coefficient (Wildman–Crippen LogP) is -0.120. The lowest BCUT2D eigenvalue weighted by Gasteiger charge is -2.43. The van der Waals surface area contributed by atoms with Gasteiger partial charge in [0, 0.05) is 63.1 Å². The van der Waals surface area contributed by atoms with Crippen LogP contribution in [0.3, 0.4) is 0 Å². The molecule has 0 bridgehead atoms. The van der Waals surface area contributed by atoms with Crippen LogP contribution in [0.4, 0.5) is 0 Å². The molecule has 21 heavy (non-hydrogen) atoms. The maximum absolute atomic E-state index is 12.4. The molecule has 0 saturated carbocycles. The number of amides is 1. The minimum absolute atomic E-state index is 0.0438. The maximum atomic E-state index is 12.4. The van der Waals surface area contributed by atoms with Crippen molar-refractivity contribution in [3.05, 3.63) is 34.2 Å². The summed E-state index contributed by atoms with van der Waals surface area (Å²) in [7, 11) is 1.67. The lowest BCUT2D eigenvalue weighted by molar-refractivity contribution is 0.0426. The van der Waals surface area contributed by atoms with Gasteiger partial charge in [-0.3, -0.25) is 14.5 Å². The number of aromatic nitrogens is 1. The molecule has 1 aromatic heterocycles. The normalized spacial score (nSPS) is 17.0. The summed E-state index contributed by atoms with van der Waals surface area (Å²) in [6, 6.07) is 3.10. The summed E-state index contributed by atoms with van der Waals surface area (Å²) in [6.07, 6.45) is 1.63. The molecular weight excluding hydrogens is 268 g/mol. The first-order valence-electron chi connectivity index (χ1n) is 7.26. The van der Waals surface area contributed by atoms with Crippen LogP contribution in [0.1, 0.15) is 24.2 Å². The summed E-state index contributed by atoms with van der Waals surface area (Å²) >= 11 is 0. The molecule has 0 radical (unpaired) electrons. The van der Waals surface area contributed by atoms with Crippen LogP contribution in [0, 0.1) is 0 Å². The summed E-state index contributed by atoms with van der Waals surface area (Å²) in [5.74, 6) is -0.0714. The van der Waals surface area contributed by atoms with Crippen molar-refractivity contribution in [3.8, 4) is 0 Å². The number of nitrogens with zero attached hydrogens (tertiary/aromatic N) is 3. The van der Waals surface area contributed by atoms with Crippen LogP contribution in [0.2, 0.25) is 0 Å². The molecule has 1 aromatic rings. The second kappa shape index (κ2) is 5.99. The number of carbonyl (C=O) groups excluding carboxylic acids is 1. The highest BCUT2D eigenvalue weighted by Gasteiger charge is 2.30. The zero-order valence-corrected chi connectivity index (χ0v) is 13.0. The fourth-order valence-corrected chi connectivity index (χ4v) is 2.51. The molecule has 1 fully saturated rings. The monoisotopic (exact) mass is 292 g/mol. The third-order valence-electron chi connectivity index (χ3n) is 4.27. The minimum atomic E-state index is -0.163. The standard InChI is InChI=1S/C15H24N4O2/c1-15(2,11-16)19-8-6-18(7-9-19)14(21)12-4-5-17(3)13(20)10-12/h4-5,10H,6-9,11,16H2,1-3H3. The number of piperazine rings is 1. The molecule has 6 heteroatoms. The number of hydrogen-bond donors (Lipinski definition) is 1. The number of carbonyl (C=O) groups is 1. The molecular formula is C15H24N4O2. The summed E-state index contributed by atoms with van der Waals surface area (Å²) in [4.78, 5) is 28.2. The summed E-state index contributed by atoms with van der Waals surface area (Å²) in [5.41, 5.74) is 6.05. The fraction of sp³-hybridized carbons (Fsp3) is 0.600. The Morgan fingerprint density at radius 3 is 2.43 bits per heavy atom. The average molecular weight is 292 g/mol. The fourth-order valence-electron chi connectivity index (χ4n) is 2.51. The molecule has 0 atom stereocenters. The van der Waals surface area contributed by atoms with Gasteiger partial charge in [0.15, 0.2) is 0 Å². The van der Waals surface area contributed by atoms with Crippen molar-refractivity contribution < 1.29 is 4.79 Å². The Morgan fingerprint density at radius 1 is 1.29 bits per heavy atom. The smallest absolute Gasteiger partial charge is 0.254 e. The van der Waals surface area contributed by atoms with Crippen LogP contribution in [0.25, 0.3) is 0 Å².